The molecule has 5 nitrogen and oxygen atoms in total. The van der Waals surface area contributed by atoms with Crippen LogP contribution in [0.5, 0.6) is 0 Å². The van der Waals surface area contributed by atoms with Crippen molar-refractivity contribution in [3.05, 3.63) is 29.8 Å². The molecular weight excluding hydrogens is 220 g/mol. The van der Waals surface area contributed by atoms with E-state index in [1.165, 1.54) is 5.06 Å². The number of benzene rings is 1. The number of nitrogens with one attached hydrogen (secondary N) is 1. The number of rotatable bonds is 4. The lowest BCUT2D eigenvalue weighted by molar-refractivity contribution is -0.119. The number of likely N-dealkylation sites (N-methyl/N-ethyl adjacent to an activating group) is 1. The molecule has 0 bridgehead atoms. The molecule has 5 heteroatoms. The maximum Gasteiger partial charge on any atom is 0.253 e. The second kappa shape index (κ2) is 5.27. The van der Waals surface area contributed by atoms with Crippen molar-refractivity contribution in [2.45, 2.75) is 12.5 Å². The molecule has 2 rings (SSSR count). The van der Waals surface area contributed by atoms with E-state index in [1.807, 2.05) is 0 Å². The lowest BCUT2D eigenvalue weighted by Crippen LogP contribution is -2.22. The van der Waals surface area contributed by atoms with Gasteiger partial charge in [-0.2, -0.15) is 5.06 Å². The van der Waals surface area contributed by atoms with Crippen molar-refractivity contribution in [2.24, 2.45) is 0 Å². The molecule has 1 fully saturated rings. The van der Waals surface area contributed by atoms with Gasteiger partial charge in [-0.15, -0.1) is 0 Å². The van der Waals surface area contributed by atoms with Gasteiger partial charge in [0.2, 0.25) is 0 Å². The molecule has 1 aromatic carbocycles. The molecule has 92 valence electrons. The first-order chi connectivity index (χ1) is 8.22. The first kappa shape index (κ1) is 12.0. The molecule has 0 spiro atoms. The molecule has 17 heavy (non-hydrogen) atoms. The van der Waals surface area contributed by atoms with E-state index in [4.69, 9.17) is 4.84 Å². The number of anilines is 1. The monoisotopic (exact) mass is 236 g/mol. The zero-order chi connectivity index (χ0) is 12.3. The molecule has 1 atom stereocenters. The maximum atomic E-state index is 11.4. The van der Waals surface area contributed by atoms with Crippen LogP contribution in [0.15, 0.2) is 24.3 Å². The van der Waals surface area contributed by atoms with Gasteiger partial charge >= 0.3 is 0 Å². The van der Waals surface area contributed by atoms with Gasteiger partial charge in [0.25, 0.3) is 5.91 Å². The van der Waals surface area contributed by atoms with Crippen molar-refractivity contribution < 1.29 is 14.7 Å². The third kappa shape index (κ3) is 2.63. The summed E-state index contributed by atoms with van der Waals surface area (Å²) in [5.74, 6) is -0.0338. The smallest absolute Gasteiger partial charge is 0.253 e. The SMILES string of the molecule is CNCC(O)c1ccc(N2OCCC2=O)cc1. The topological polar surface area (TPSA) is 61.8 Å². The largest absolute Gasteiger partial charge is 0.387 e. The van der Waals surface area contributed by atoms with E-state index in [-0.39, 0.29) is 5.91 Å². The molecule has 1 unspecified atom stereocenters. The summed E-state index contributed by atoms with van der Waals surface area (Å²) >= 11 is 0. The number of carbonyl (C=O) groups is 1. The van der Waals surface area contributed by atoms with Gasteiger partial charge < -0.3 is 10.4 Å². The van der Waals surface area contributed by atoms with E-state index >= 15 is 0 Å². The Bertz CT molecular complexity index is 391. The molecule has 1 amide bonds. The van der Waals surface area contributed by atoms with Gasteiger partial charge in [-0.1, -0.05) is 12.1 Å². The first-order valence-electron chi connectivity index (χ1n) is 5.61. The zero-order valence-electron chi connectivity index (χ0n) is 9.72. The summed E-state index contributed by atoms with van der Waals surface area (Å²) in [6.45, 7) is 0.932. The molecule has 0 aliphatic carbocycles. The van der Waals surface area contributed by atoms with Crippen molar-refractivity contribution in [3.63, 3.8) is 0 Å². The Morgan fingerprint density at radius 2 is 2.18 bits per heavy atom. The standard InChI is InChI=1S/C12H16N2O3/c1-13-8-11(15)9-2-4-10(5-3-9)14-12(16)6-7-17-14/h2-5,11,13,15H,6-8H2,1H3. The second-order valence-corrected chi connectivity index (χ2v) is 3.94. The van der Waals surface area contributed by atoms with Crippen LogP contribution < -0.4 is 10.4 Å². The van der Waals surface area contributed by atoms with E-state index < -0.39 is 6.10 Å². The van der Waals surface area contributed by atoms with Gasteiger partial charge in [-0.3, -0.25) is 9.63 Å². The quantitative estimate of drug-likeness (QED) is 0.804. The van der Waals surface area contributed by atoms with Crippen LogP contribution >= 0.6 is 0 Å². The van der Waals surface area contributed by atoms with Crippen LogP contribution in [0.2, 0.25) is 0 Å². The minimum Gasteiger partial charge on any atom is -0.387 e. The van der Waals surface area contributed by atoms with Crippen LogP contribution in [-0.4, -0.2) is 31.2 Å². The Balaban J connectivity index is 2.10. The van der Waals surface area contributed by atoms with Crippen LogP contribution in [-0.2, 0) is 9.63 Å². The highest BCUT2D eigenvalue weighted by molar-refractivity contribution is 5.92. The van der Waals surface area contributed by atoms with Crippen LogP contribution in [0.25, 0.3) is 0 Å². The number of nitrogens with zero attached hydrogens (tertiary/aromatic N) is 1. The van der Waals surface area contributed by atoms with E-state index in [2.05, 4.69) is 5.32 Å². The summed E-state index contributed by atoms with van der Waals surface area (Å²) in [6, 6.07) is 7.15. The Kier molecular flexibility index (Phi) is 3.73. The Hall–Kier alpha value is -1.43. The highest BCUT2D eigenvalue weighted by Gasteiger charge is 2.23. The number of hydrogen-bond donors (Lipinski definition) is 2. The summed E-state index contributed by atoms with van der Waals surface area (Å²) in [5, 5.41) is 14.0. The molecular formula is C12H16N2O3. The van der Waals surface area contributed by atoms with Gasteiger partial charge in [-0.05, 0) is 24.7 Å². The van der Waals surface area contributed by atoms with E-state index in [0.29, 0.717) is 25.3 Å². The number of hydroxylamine groups is 1. The lowest BCUT2D eigenvalue weighted by atomic mass is 10.1. The molecule has 0 aromatic heterocycles. The molecule has 1 heterocycles. The highest BCUT2D eigenvalue weighted by Crippen LogP contribution is 2.22. The Morgan fingerprint density at radius 3 is 2.71 bits per heavy atom. The molecule has 1 aliphatic heterocycles. The zero-order valence-corrected chi connectivity index (χ0v) is 9.72. The third-order valence-corrected chi connectivity index (χ3v) is 2.67. The number of hydrogen-bond acceptors (Lipinski definition) is 4. The van der Waals surface area contributed by atoms with Crippen LogP contribution in [0, 0.1) is 0 Å². The van der Waals surface area contributed by atoms with E-state index in [0.717, 1.165) is 5.56 Å². The molecule has 0 saturated carbocycles. The van der Waals surface area contributed by atoms with Crippen molar-refractivity contribution in [3.8, 4) is 0 Å². The second-order valence-electron chi connectivity index (χ2n) is 3.94. The van der Waals surface area contributed by atoms with Crippen molar-refractivity contribution in [2.75, 3.05) is 25.3 Å². The first-order valence-corrected chi connectivity index (χ1v) is 5.61. The van der Waals surface area contributed by atoms with Gasteiger partial charge in [0.05, 0.1) is 24.8 Å². The van der Waals surface area contributed by atoms with Crippen LogP contribution in [0.3, 0.4) is 0 Å². The highest BCUT2D eigenvalue weighted by atomic mass is 16.7. The Labute approximate surface area is 99.9 Å². The van der Waals surface area contributed by atoms with E-state index in [1.54, 1.807) is 31.3 Å². The summed E-state index contributed by atoms with van der Waals surface area (Å²) in [4.78, 5) is 16.6. The predicted molar refractivity (Wildman–Crippen MR) is 63.4 cm³/mol. The summed E-state index contributed by atoms with van der Waals surface area (Å²) in [5.41, 5.74) is 1.52. The summed E-state index contributed by atoms with van der Waals surface area (Å²) in [7, 11) is 1.79. The van der Waals surface area contributed by atoms with Gasteiger partial charge in [0.1, 0.15) is 0 Å². The summed E-state index contributed by atoms with van der Waals surface area (Å²) < 4.78 is 0. The van der Waals surface area contributed by atoms with Crippen molar-refractivity contribution in [1.82, 2.24) is 5.32 Å². The number of aliphatic hydroxyl groups excluding tert-OH is 1. The molecule has 1 aromatic rings. The minimum absolute atomic E-state index is 0.0338. The number of amides is 1. The normalized spacial score (nSPS) is 17.5. The fourth-order valence-corrected chi connectivity index (χ4v) is 1.76. The summed E-state index contributed by atoms with van der Waals surface area (Å²) in [6.07, 6.45) is -0.117. The predicted octanol–water partition coefficient (Wildman–Crippen LogP) is 0.608. The number of carbonyl (C=O) groups excluding carboxylic acids is 1. The lowest BCUT2D eigenvalue weighted by Gasteiger charge is -2.15. The van der Waals surface area contributed by atoms with E-state index in [9.17, 15) is 9.90 Å². The van der Waals surface area contributed by atoms with Crippen molar-refractivity contribution >= 4 is 11.6 Å². The van der Waals surface area contributed by atoms with Crippen LogP contribution in [0.1, 0.15) is 18.1 Å². The fourth-order valence-electron chi connectivity index (χ4n) is 1.76. The van der Waals surface area contributed by atoms with Gasteiger partial charge in [0, 0.05) is 6.54 Å². The molecule has 2 N–H and O–H groups in total. The van der Waals surface area contributed by atoms with Gasteiger partial charge in [0.15, 0.2) is 0 Å². The minimum atomic E-state index is -0.538. The maximum absolute atomic E-state index is 11.4. The van der Waals surface area contributed by atoms with Crippen LogP contribution in [0.4, 0.5) is 5.69 Å². The Morgan fingerprint density at radius 1 is 1.47 bits per heavy atom. The fraction of sp³-hybridized carbons (Fsp3) is 0.417. The molecule has 1 saturated heterocycles. The van der Waals surface area contributed by atoms with Gasteiger partial charge in [-0.25, -0.2) is 0 Å². The number of aliphatic hydroxyl groups is 1. The molecule has 0 radical (unpaired) electrons. The van der Waals surface area contributed by atoms with Crippen molar-refractivity contribution in [1.29, 1.82) is 0 Å². The average molecular weight is 236 g/mol. The average Bonchev–Trinajstić information content (AvgIpc) is 2.76. The molecule has 1 aliphatic rings. The third-order valence-electron chi connectivity index (χ3n) is 2.67.